The molecule has 0 aliphatic rings. The van der Waals surface area contributed by atoms with E-state index in [4.69, 9.17) is 4.74 Å². The fourth-order valence-corrected chi connectivity index (χ4v) is 1.93. The summed E-state index contributed by atoms with van der Waals surface area (Å²) < 4.78 is 5.21. The van der Waals surface area contributed by atoms with Crippen molar-refractivity contribution in [2.75, 3.05) is 25.5 Å². The summed E-state index contributed by atoms with van der Waals surface area (Å²) in [4.78, 5) is 22.9. The van der Waals surface area contributed by atoms with Crippen LogP contribution in [0.15, 0.2) is 18.2 Å². The number of carbonyl (C=O) groups is 2. The van der Waals surface area contributed by atoms with E-state index in [1.165, 1.54) is 6.92 Å². The van der Waals surface area contributed by atoms with E-state index < -0.39 is 0 Å². The first-order valence-corrected chi connectivity index (χ1v) is 7.67. The molecule has 128 valence electrons. The Balaban J connectivity index is 2.51. The number of amides is 3. The van der Waals surface area contributed by atoms with Crippen LogP contribution < -0.4 is 20.7 Å². The number of rotatable bonds is 6. The van der Waals surface area contributed by atoms with Crippen LogP contribution >= 0.6 is 0 Å². The SMILES string of the molecule is COc1ccc(CCNC(=O)NCC(C)(C)C)cc1NC(C)=O. The Morgan fingerprint density at radius 1 is 1.17 bits per heavy atom. The van der Waals surface area contributed by atoms with E-state index in [1.807, 2.05) is 12.1 Å². The van der Waals surface area contributed by atoms with Crippen LogP contribution in [-0.4, -0.2) is 32.1 Å². The van der Waals surface area contributed by atoms with Gasteiger partial charge in [-0.15, -0.1) is 0 Å². The van der Waals surface area contributed by atoms with Gasteiger partial charge in [0.1, 0.15) is 5.75 Å². The normalized spacial score (nSPS) is 10.8. The molecule has 6 nitrogen and oxygen atoms in total. The Morgan fingerprint density at radius 2 is 1.87 bits per heavy atom. The Kier molecular flexibility index (Phi) is 6.88. The monoisotopic (exact) mass is 321 g/mol. The first-order chi connectivity index (χ1) is 10.7. The highest BCUT2D eigenvalue weighted by atomic mass is 16.5. The molecule has 0 aliphatic heterocycles. The molecule has 23 heavy (non-hydrogen) atoms. The molecule has 0 fully saturated rings. The van der Waals surface area contributed by atoms with Gasteiger partial charge in [0, 0.05) is 20.0 Å². The highest BCUT2D eigenvalue weighted by molar-refractivity contribution is 5.90. The van der Waals surface area contributed by atoms with Gasteiger partial charge in [-0.3, -0.25) is 4.79 Å². The fraction of sp³-hybridized carbons (Fsp3) is 0.529. The topological polar surface area (TPSA) is 79.5 Å². The second-order valence-electron chi connectivity index (χ2n) is 6.64. The summed E-state index contributed by atoms with van der Waals surface area (Å²) in [7, 11) is 1.56. The molecule has 6 heteroatoms. The molecule has 0 atom stereocenters. The fourth-order valence-electron chi connectivity index (χ4n) is 1.93. The maximum Gasteiger partial charge on any atom is 0.314 e. The molecule has 0 aromatic heterocycles. The quantitative estimate of drug-likeness (QED) is 0.753. The average Bonchev–Trinajstić information content (AvgIpc) is 2.44. The van der Waals surface area contributed by atoms with E-state index in [9.17, 15) is 9.59 Å². The highest BCUT2D eigenvalue weighted by Crippen LogP contribution is 2.25. The predicted octanol–water partition coefficient (Wildman–Crippen LogP) is 2.54. The molecule has 3 amide bonds. The third kappa shape index (κ3) is 7.54. The molecule has 0 saturated heterocycles. The molecule has 0 radical (unpaired) electrons. The first-order valence-electron chi connectivity index (χ1n) is 7.67. The van der Waals surface area contributed by atoms with Crippen molar-refractivity contribution in [1.82, 2.24) is 10.6 Å². The minimum Gasteiger partial charge on any atom is -0.495 e. The third-order valence-corrected chi connectivity index (χ3v) is 3.05. The zero-order chi connectivity index (χ0) is 17.5. The highest BCUT2D eigenvalue weighted by Gasteiger charge is 2.11. The van der Waals surface area contributed by atoms with Gasteiger partial charge in [0.25, 0.3) is 0 Å². The van der Waals surface area contributed by atoms with Gasteiger partial charge in [-0.1, -0.05) is 26.8 Å². The van der Waals surface area contributed by atoms with Crippen molar-refractivity contribution in [3.05, 3.63) is 23.8 Å². The van der Waals surface area contributed by atoms with E-state index in [-0.39, 0.29) is 17.4 Å². The van der Waals surface area contributed by atoms with E-state index in [0.29, 0.717) is 30.9 Å². The number of hydrogen-bond acceptors (Lipinski definition) is 3. The lowest BCUT2D eigenvalue weighted by Crippen LogP contribution is -2.40. The van der Waals surface area contributed by atoms with Gasteiger partial charge in [0.2, 0.25) is 5.91 Å². The second-order valence-corrected chi connectivity index (χ2v) is 6.64. The molecule has 3 N–H and O–H groups in total. The van der Waals surface area contributed by atoms with Crippen LogP contribution in [0.2, 0.25) is 0 Å². The Labute approximate surface area is 138 Å². The molecule has 1 rings (SSSR count). The van der Waals surface area contributed by atoms with Crippen LogP contribution in [0.3, 0.4) is 0 Å². The number of anilines is 1. The van der Waals surface area contributed by atoms with Crippen molar-refractivity contribution >= 4 is 17.6 Å². The van der Waals surface area contributed by atoms with Crippen molar-refractivity contribution in [3.63, 3.8) is 0 Å². The molecule has 0 unspecified atom stereocenters. The molecule has 0 heterocycles. The molecule has 1 aromatic carbocycles. The summed E-state index contributed by atoms with van der Waals surface area (Å²) in [5, 5.41) is 8.40. The molecule has 0 spiro atoms. The molecule has 1 aromatic rings. The molecule has 0 saturated carbocycles. The third-order valence-electron chi connectivity index (χ3n) is 3.05. The van der Waals surface area contributed by atoms with Crippen molar-refractivity contribution in [2.45, 2.75) is 34.1 Å². The zero-order valence-corrected chi connectivity index (χ0v) is 14.6. The van der Waals surface area contributed by atoms with Crippen molar-refractivity contribution < 1.29 is 14.3 Å². The van der Waals surface area contributed by atoms with Crippen molar-refractivity contribution in [3.8, 4) is 5.75 Å². The van der Waals surface area contributed by atoms with Crippen molar-refractivity contribution in [2.24, 2.45) is 5.41 Å². The van der Waals surface area contributed by atoms with Gasteiger partial charge in [-0.2, -0.15) is 0 Å². The Morgan fingerprint density at radius 3 is 2.43 bits per heavy atom. The smallest absolute Gasteiger partial charge is 0.314 e. The minimum absolute atomic E-state index is 0.0561. The van der Waals surface area contributed by atoms with Gasteiger partial charge in [0.15, 0.2) is 0 Å². The number of benzene rings is 1. The maximum absolute atomic E-state index is 11.7. The largest absolute Gasteiger partial charge is 0.495 e. The summed E-state index contributed by atoms with van der Waals surface area (Å²) in [6.45, 7) is 8.78. The summed E-state index contributed by atoms with van der Waals surface area (Å²) in [5.41, 5.74) is 1.70. The van der Waals surface area contributed by atoms with Gasteiger partial charge in [0.05, 0.1) is 12.8 Å². The van der Waals surface area contributed by atoms with Gasteiger partial charge in [-0.25, -0.2) is 4.79 Å². The minimum atomic E-state index is -0.171. The second kappa shape index (κ2) is 8.41. The zero-order valence-electron chi connectivity index (χ0n) is 14.6. The predicted molar refractivity (Wildman–Crippen MR) is 91.9 cm³/mol. The summed E-state index contributed by atoms with van der Waals surface area (Å²) >= 11 is 0. The van der Waals surface area contributed by atoms with E-state index in [1.54, 1.807) is 13.2 Å². The lowest BCUT2D eigenvalue weighted by atomic mass is 9.97. The average molecular weight is 321 g/mol. The summed E-state index contributed by atoms with van der Waals surface area (Å²) in [6.07, 6.45) is 0.666. The Hall–Kier alpha value is -2.24. The number of methoxy groups -OCH3 is 1. The molecule has 0 aliphatic carbocycles. The summed E-state index contributed by atoms with van der Waals surface area (Å²) in [6, 6.07) is 5.41. The van der Waals surface area contributed by atoms with Crippen LogP contribution in [0.4, 0.5) is 10.5 Å². The van der Waals surface area contributed by atoms with Gasteiger partial charge < -0.3 is 20.7 Å². The van der Waals surface area contributed by atoms with Crippen molar-refractivity contribution in [1.29, 1.82) is 0 Å². The first kappa shape index (κ1) is 18.8. The van der Waals surface area contributed by atoms with Gasteiger partial charge >= 0.3 is 6.03 Å². The molecular formula is C17H27N3O3. The number of carbonyl (C=O) groups excluding carboxylic acids is 2. The molecular weight excluding hydrogens is 294 g/mol. The van der Waals surface area contributed by atoms with Crippen LogP contribution in [0.5, 0.6) is 5.75 Å². The number of ether oxygens (including phenoxy) is 1. The standard InChI is InChI=1S/C17H27N3O3/c1-12(21)20-14-10-13(6-7-15(14)23-5)8-9-18-16(22)19-11-17(2,3)4/h6-7,10H,8-9,11H2,1-5H3,(H,20,21)(H2,18,19,22). The van der Waals surface area contributed by atoms with Crippen LogP contribution in [0.1, 0.15) is 33.3 Å². The molecule has 0 bridgehead atoms. The van der Waals surface area contributed by atoms with E-state index >= 15 is 0 Å². The summed E-state index contributed by atoms with van der Waals surface area (Å²) in [5.74, 6) is 0.458. The van der Waals surface area contributed by atoms with Gasteiger partial charge in [-0.05, 0) is 29.5 Å². The lowest BCUT2D eigenvalue weighted by molar-refractivity contribution is -0.114. The number of hydrogen-bond donors (Lipinski definition) is 3. The van der Waals surface area contributed by atoms with Crippen LogP contribution in [0.25, 0.3) is 0 Å². The number of urea groups is 1. The number of nitrogens with one attached hydrogen (secondary N) is 3. The van der Waals surface area contributed by atoms with E-state index in [2.05, 4.69) is 36.7 Å². The van der Waals surface area contributed by atoms with E-state index in [0.717, 1.165) is 5.56 Å². The maximum atomic E-state index is 11.7. The van der Waals surface area contributed by atoms with Crippen LogP contribution in [-0.2, 0) is 11.2 Å². The Bertz CT molecular complexity index is 551. The van der Waals surface area contributed by atoms with Crippen LogP contribution in [0, 0.1) is 5.41 Å². The lowest BCUT2D eigenvalue weighted by Gasteiger charge is -2.19.